The normalized spacial score (nSPS) is 11.7. The number of halogens is 1. The Bertz CT molecular complexity index is 2030. The van der Waals surface area contributed by atoms with E-state index in [1.807, 2.05) is 48.5 Å². The Hall–Kier alpha value is -4.89. The van der Waals surface area contributed by atoms with E-state index in [4.69, 9.17) is 9.15 Å². The highest BCUT2D eigenvalue weighted by Gasteiger charge is 2.26. The number of carbonyl (C=O) groups excluding carboxylic acids is 1. The largest absolute Gasteiger partial charge is 0.462 e. The highest BCUT2D eigenvalue weighted by atomic mass is 32.2. The van der Waals surface area contributed by atoms with Crippen LogP contribution in [0.4, 0.5) is 10.1 Å². The molecule has 0 radical (unpaired) electrons. The number of rotatable bonds is 8. The van der Waals surface area contributed by atoms with E-state index >= 15 is 0 Å². The summed E-state index contributed by atoms with van der Waals surface area (Å²) in [7, 11) is -3.67. The SMILES string of the molecule is CCOC(=O)c1c(-c2ccc(F)cc2)oc2cc(NS(=O)(=O)CC)c(-c3cccc(-c4cc5ccccc5[nH]4)c3)cc12. The first-order valence-corrected chi connectivity index (χ1v) is 15.1. The van der Waals surface area contributed by atoms with Crippen LogP contribution in [-0.2, 0) is 14.8 Å². The molecule has 9 heteroatoms. The van der Waals surface area contributed by atoms with E-state index in [2.05, 4.69) is 15.8 Å². The molecule has 0 aliphatic carbocycles. The molecular weight excluding hydrogens is 555 g/mol. The lowest BCUT2D eigenvalue weighted by atomic mass is 9.97. The summed E-state index contributed by atoms with van der Waals surface area (Å²) in [5.74, 6) is -0.958. The smallest absolute Gasteiger partial charge is 0.342 e. The van der Waals surface area contributed by atoms with Crippen molar-refractivity contribution in [3.8, 4) is 33.7 Å². The standard InChI is InChI=1S/C33H27FN2O5S/c1-3-40-33(37)31-26-18-25(21-9-7-10-22(16-21)28-17-23-8-5-6-11-27(23)35-28)29(36-42(38,39)4-2)19-30(26)41-32(31)20-12-14-24(34)15-13-20/h5-19,35-36H,3-4H2,1-2H3. The fraction of sp³-hybridized carbons (Fsp3) is 0.121. The number of aromatic amines is 1. The zero-order chi connectivity index (χ0) is 29.4. The highest BCUT2D eigenvalue weighted by molar-refractivity contribution is 7.92. The van der Waals surface area contributed by atoms with Gasteiger partial charge in [0.25, 0.3) is 0 Å². The van der Waals surface area contributed by atoms with Gasteiger partial charge >= 0.3 is 5.97 Å². The number of furan rings is 1. The number of para-hydroxylation sites is 1. The number of benzene rings is 4. The van der Waals surface area contributed by atoms with Gasteiger partial charge in [-0.3, -0.25) is 4.72 Å². The number of fused-ring (bicyclic) bond motifs is 2. The van der Waals surface area contributed by atoms with Gasteiger partial charge in [0.15, 0.2) is 0 Å². The van der Waals surface area contributed by atoms with Crippen molar-refractivity contribution in [3.63, 3.8) is 0 Å². The topological polar surface area (TPSA) is 101 Å². The van der Waals surface area contributed by atoms with Crippen LogP contribution in [0.3, 0.4) is 0 Å². The van der Waals surface area contributed by atoms with Crippen LogP contribution >= 0.6 is 0 Å². The summed E-state index contributed by atoms with van der Waals surface area (Å²) in [6.45, 7) is 3.40. The van der Waals surface area contributed by atoms with Crippen molar-refractivity contribution in [1.29, 1.82) is 0 Å². The van der Waals surface area contributed by atoms with Gasteiger partial charge in [-0.25, -0.2) is 17.6 Å². The van der Waals surface area contributed by atoms with E-state index in [-0.39, 0.29) is 29.3 Å². The number of aromatic nitrogens is 1. The molecule has 42 heavy (non-hydrogen) atoms. The molecular formula is C33H27FN2O5S. The van der Waals surface area contributed by atoms with Crippen LogP contribution in [0.2, 0.25) is 0 Å². The summed E-state index contributed by atoms with van der Waals surface area (Å²) >= 11 is 0. The molecule has 2 N–H and O–H groups in total. The monoisotopic (exact) mass is 582 g/mol. The quantitative estimate of drug-likeness (QED) is 0.177. The molecule has 0 atom stereocenters. The first-order valence-electron chi connectivity index (χ1n) is 13.5. The first kappa shape index (κ1) is 27.3. The lowest BCUT2D eigenvalue weighted by Gasteiger charge is -2.13. The number of H-pyrrole nitrogens is 1. The number of esters is 1. The lowest BCUT2D eigenvalue weighted by Crippen LogP contribution is -2.15. The number of sulfonamides is 1. The van der Waals surface area contributed by atoms with Crippen LogP contribution in [0, 0.1) is 5.82 Å². The minimum atomic E-state index is -3.67. The van der Waals surface area contributed by atoms with Gasteiger partial charge < -0.3 is 14.1 Å². The Morgan fingerprint density at radius 3 is 2.40 bits per heavy atom. The van der Waals surface area contributed by atoms with Crippen LogP contribution in [0.5, 0.6) is 0 Å². The van der Waals surface area contributed by atoms with E-state index in [0.717, 1.165) is 27.7 Å². The van der Waals surface area contributed by atoms with Gasteiger partial charge in [0.05, 0.1) is 18.0 Å². The molecule has 4 aromatic carbocycles. The summed E-state index contributed by atoms with van der Waals surface area (Å²) in [5.41, 5.74) is 5.32. The maximum atomic E-state index is 13.7. The van der Waals surface area contributed by atoms with E-state index in [1.165, 1.54) is 24.3 Å². The molecule has 0 amide bonds. The molecule has 212 valence electrons. The molecule has 0 aliphatic rings. The fourth-order valence-electron chi connectivity index (χ4n) is 5.00. The van der Waals surface area contributed by atoms with Crippen LogP contribution in [0.15, 0.2) is 95.4 Å². The lowest BCUT2D eigenvalue weighted by molar-refractivity contribution is 0.0528. The van der Waals surface area contributed by atoms with E-state index in [0.29, 0.717) is 22.2 Å². The molecule has 2 aromatic heterocycles. The molecule has 0 fully saturated rings. The predicted octanol–water partition coefficient (Wildman–Crippen LogP) is 7.99. The summed E-state index contributed by atoms with van der Waals surface area (Å²) < 4.78 is 53.4. The zero-order valence-electron chi connectivity index (χ0n) is 22.9. The zero-order valence-corrected chi connectivity index (χ0v) is 23.7. The number of ether oxygens (including phenoxy) is 1. The second kappa shape index (κ2) is 10.8. The molecule has 0 aliphatic heterocycles. The number of hydrogen-bond acceptors (Lipinski definition) is 5. The highest BCUT2D eigenvalue weighted by Crippen LogP contribution is 2.41. The molecule has 0 saturated heterocycles. The van der Waals surface area contributed by atoms with Crippen molar-refractivity contribution < 1.29 is 26.8 Å². The van der Waals surface area contributed by atoms with Crippen molar-refractivity contribution in [1.82, 2.24) is 4.98 Å². The third-order valence-electron chi connectivity index (χ3n) is 7.07. The van der Waals surface area contributed by atoms with Crippen LogP contribution in [0.25, 0.3) is 55.6 Å². The Morgan fingerprint density at radius 1 is 0.905 bits per heavy atom. The summed E-state index contributed by atoms with van der Waals surface area (Å²) in [6, 6.07) is 26.6. The molecule has 0 bridgehead atoms. The Balaban J connectivity index is 1.58. The van der Waals surface area contributed by atoms with Crippen LogP contribution < -0.4 is 4.72 Å². The number of carbonyl (C=O) groups is 1. The van der Waals surface area contributed by atoms with Crippen molar-refractivity contribution in [2.45, 2.75) is 13.8 Å². The van der Waals surface area contributed by atoms with E-state index < -0.39 is 21.8 Å². The van der Waals surface area contributed by atoms with Crippen LogP contribution in [0.1, 0.15) is 24.2 Å². The maximum absolute atomic E-state index is 13.7. The van der Waals surface area contributed by atoms with Crippen molar-refractivity contribution in [3.05, 3.63) is 102 Å². The van der Waals surface area contributed by atoms with Crippen molar-refractivity contribution in [2.75, 3.05) is 17.1 Å². The minimum absolute atomic E-state index is 0.132. The van der Waals surface area contributed by atoms with Gasteiger partial charge in [-0.2, -0.15) is 0 Å². The van der Waals surface area contributed by atoms with Crippen molar-refractivity contribution in [2.24, 2.45) is 0 Å². The molecule has 0 unspecified atom stereocenters. The van der Waals surface area contributed by atoms with Gasteiger partial charge in [-0.05, 0) is 73.5 Å². The van der Waals surface area contributed by atoms with Gasteiger partial charge in [0.1, 0.15) is 22.7 Å². The summed E-state index contributed by atoms with van der Waals surface area (Å²) in [6.07, 6.45) is 0. The average molecular weight is 583 g/mol. The molecule has 6 aromatic rings. The Kier molecular flexibility index (Phi) is 7.04. The second-order valence-electron chi connectivity index (χ2n) is 9.78. The van der Waals surface area contributed by atoms with E-state index in [1.54, 1.807) is 26.0 Å². The van der Waals surface area contributed by atoms with Gasteiger partial charge in [0, 0.05) is 39.2 Å². The average Bonchev–Trinajstić information content (AvgIpc) is 3.59. The minimum Gasteiger partial charge on any atom is -0.462 e. The third-order valence-corrected chi connectivity index (χ3v) is 8.37. The van der Waals surface area contributed by atoms with Gasteiger partial charge in [-0.1, -0.05) is 36.4 Å². The number of hydrogen-bond donors (Lipinski definition) is 2. The second-order valence-corrected chi connectivity index (χ2v) is 11.8. The summed E-state index contributed by atoms with van der Waals surface area (Å²) in [5, 5.41) is 1.51. The maximum Gasteiger partial charge on any atom is 0.342 e. The third kappa shape index (κ3) is 5.14. The van der Waals surface area contributed by atoms with Crippen LogP contribution in [-0.4, -0.2) is 31.7 Å². The molecule has 0 saturated carbocycles. The van der Waals surface area contributed by atoms with Crippen molar-refractivity contribution >= 4 is 43.6 Å². The molecule has 6 rings (SSSR count). The molecule has 2 heterocycles. The molecule has 7 nitrogen and oxygen atoms in total. The fourth-order valence-corrected chi connectivity index (χ4v) is 5.65. The van der Waals surface area contributed by atoms with E-state index in [9.17, 15) is 17.6 Å². The summed E-state index contributed by atoms with van der Waals surface area (Å²) in [4.78, 5) is 16.7. The Morgan fingerprint density at radius 2 is 1.67 bits per heavy atom. The van der Waals surface area contributed by atoms with Gasteiger partial charge in [-0.15, -0.1) is 0 Å². The van der Waals surface area contributed by atoms with Gasteiger partial charge in [0.2, 0.25) is 10.0 Å². The molecule has 0 spiro atoms. The Labute approximate surface area is 242 Å². The number of nitrogens with one attached hydrogen (secondary N) is 2. The predicted molar refractivity (Wildman–Crippen MR) is 163 cm³/mol. The number of anilines is 1. The first-order chi connectivity index (χ1) is 20.3.